The third-order valence-corrected chi connectivity index (χ3v) is 4.91. The van der Waals surface area contributed by atoms with Crippen LogP contribution in [0.1, 0.15) is 11.7 Å². The number of nitrogens with zero attached hydrogens (tertiary/aromatic N) is 2. The second-order valence-electron chi connectivity index (χ2n) is 6.78. The van der Waals surface area contributed by atoms with Gasteiger partial charge in [0, 0.05) is 17.6 Å². The highest BCUT2D eigenvalue weighted by Gasteiger charge is 2.26. The zero-order chi connectivity index (χ0) is 21.1. The van der Waals surface area contributed by atoms with Crippen molar-refractivity contribution in [2.45, 2.75) is 6.10 Å². The molecule has 30 heavy (non-hydrogen) atoms. The first-order valence-corrected chi connectivity index (χ1v) is 9.42. The summed E-state index contributed by atoms with van der Waals surface area (Å²) in [4.78, 5) is 24.4. The van der Waals surface area contributed by atoms with Gasteiger partial charge in [-0.25, -0.2) is 0 Å². The summed E-state index contributed by atoms with van der Waals surface area (Å²) in [5, 5.41) is 25.8. The van der Waals surface area contributed by atoms with E-state index in [1.165, 1.54) is 4.57 Å². The van der Waals surface area contributed by atoms with Gasteiger partial charge in [0.2, 0.25) is 0 Å². The van der Waals surface area contributed by atoms with E-state index in [0.29, 0.717) is 22.2 Å². The number of nitrogens with one attached hydrogen (secondary N) is 1. The van der Waals surface area contributed by atoms with Gasteiger partial charge in [-0.1, -0.05) is 66.7 Å². The predicted octanol–water partition coefficient (Wildman–Crippen LogP) is 4.04. The number of para-hydroxylation sites is 2. The van der Waals surface area contributed by atoms with Gasteiger partial charge in [0.1, 0.15) is 5.69 Å². The van der Waals surface area contributed by atoms with Gasteiger partial charge in [-0.2, -0.15) is 0 Å². The monoisotopic (exact) mass is 401 g/mol. The molecule has 0 fully saturated rings. The molecule has 2 N–H and O–H groups in total. The molecule has 7 heteroatoms. The van der Waals surface area contributed by atoms with E-state index in [0.717, 1.165) is 0 Å². The van der Waals surface area contributed by atoms with E-state index in [1.54, 1.807) is 72.8 Å². The summed E-state index contributed by atoms with van der Waals surface area (Å²) in [6.07, 6.45) is -0.888. The number of rotatable bonds is 6. The Hall–Kier alpha value is -3.97. The molecule has 0 aliphatic carbocycles. The maximum Gasteiger partial charge on any atom is 0.357 e. The number of aromatic nitrogens is 1. The van der Waals surface area contributed by atoms with Gasteiger partial charge >= 0.3 is 11.2 Å². The van der Waals surface area contributed by atoms with Crippen molar-refractivity contribution in [1.29, 1.82) is 0 Å². The largest absolute Gasteiger partial charge is 0.387 e. The molecule has 4 rings (SSSR count). The molecular formula is C23H19N3O4. The SMILES string of the molecule is O=c1c([N+](=O)[O-])c(NCC(O)c2ccccc2)c2ccccc2n1-c1ccccc1. The smallest absolute Gasteiger partial charge is 0.357 e. The Kier molecular flexibility index (Phi) is 5.28. The van der Waals surface area contributed by atoms with E-state index in [2.05, 4.69) is 5.32 Å². The first-order chi connectivity index (χ1) is 14.6. The molecule has 1 heterocycles. The minimum Gasteiger partial charge on any atom is -0.387 e. The van der Waals surface area contributed by atoms with Gasteiger partial charge in [-0.05, 0) is 23.8 Å². The van der Waals surface area contributed by atoms with Crippen LogP contribution in [0, 0.1) is 10.1 Å². The minimum atomic E-state index is -0.888. The van der Waals surface area contributed by atoms with Crippen molar-refractivity contribution in [3.05, 3.63) is 111 Å². The molecule has 0 saturated heterocycles. The first-order valence-electron chi connectivity index (χ1n) is 9.42. The molecule has 0 saturated carbocycles. The molecule has 0 bridgehead atoms. The van der Waals surface area contributed by atoms with Crippen molar-refractivity contribution in [3.8, 4) is 5.69 Å². The summed E-state index contributed by atoms with van der Waals surface area (Å²) >= 11 is 0. The average molecular weight is 401 g/mol. The standard InChI is InChI=1S/C23H19N3O4/c27-20(16-9-3-1-4-10-16)15-24-21-18-13-7-8-14-19(18)25(17-11-5-2-6-12-17)23(28)22(21)26(29)30/h1-14,20,24,27H,15H2. The van der Waals surface area contributed by atoms with Crippen molar-refractivity contribution in [1.82, 2.24) is 4.57 Å². The molecule has 7 nitrogen and oxygen atoms in total. The molecule has 0 radical (unpaired) electrons. The Morgan fingerprint density at radius 2 is 1.53 bits per heavy atom. The van der Waals surface area contributed by atoms with Crippen LogP contribution in [0.5, 0.6) is 0 Å². The number of anilines is 1. The Morgan fingerprint density at radius 1 is 0.933 bits per heavy atom. The molecule has 0 spiro atoms. The third kappa shape index (κ3) is 3.54. The van der Waals surface area contributed by atoms with Crippen LogP contribution in [0.25, 0.3) is 16.6 Å². The van der Waals surface area contributed by atoms with Crippen molar-refractivity contribution in [2.75, 3.05) is 11.9 Å². The average Bonchev–Trinajstić information content (AvgIpc) is 2.78. The second kappa shape index (κ2) is 8.18. The van der Waals surface area contributed by atoms with Crippen molar-refractivity contribution in [2.24, 2.45) is 0 Å². The van der Waals surface area contributed by atoms with Gasteiger partial charge < -0.3 is 10.4 Å². The van der Waals surface area contributed by atoms with Crippen LogP contribution in [0.3, 0.4) is 0 Å². The lowest BCUT2D eigenvalue weighted by Crippen LogP contribution is -2.24. The van der Waals surface area contributed by atoms with Crippen molar-refractivity contribution >= 4 is 22.3 Å². The van der Waals surface area contributed by atoms with Crippen LogP contribution in [0.2, 0.25) is 0 Å². The number of aliphatic hydroxyl groups is 1. The Balaban J connectivity index is 1.87. The zero-order valence-electron chi connectivity index (χ0n) is 15.9. The van der Waals surface area contributed by atoms with Gasteiger partial charge in [0.05, 0.1) is 16.5 Å². The maximum absolute atomic E-state index is 13.2. The summed E-state index contributed by atoms with van der Waals surface area (Å²) in [5.41, 5.74) is 0.561. The van der Waals surface area contributed by atoms with E-state index in [9.17, 15) is 20.0 Å². The summed E-state index contributed by atoms with van der Waals surface area (Å²) < 4.78 is 1.34. The Labute approximate surface area is 172 Å². The highest BCUT2D eigenvalue weighted by molar-refractivity contribution is 5.97. The predicted molar refractivity (Wildman–Crippen MR) is 116 cm³/mol. The minimum absolute atomic E-state index is 0.0175. The number of benzene rings is 3. The van der Waals surface area contributed by atoms with Crippen LogP contribution in [0.15, 0.2) is 89.7 Å². The third-order valence-electron chi connectivity index (χ3n) is 4.91. The second-order valence-corrected chi connectivity index (χ2v) is 6.78. The molecule has 1 aromatic heterocycles. The van der Waals surface area contributed by atoms with Gasteiger partial charge in [0.15, 0.2) is 0 Å². The fourth-order valence-corrected chi connectivity index (χ4v) is 3.50. The van der Waals surface area contributed by atoms with Crippen LogP contribution >= 0.6 is 0 Å². The number of pyridine rings is 1. The fraction of sp³-hybridized carbons (Fsp3) is 0.0870. The highest BCUT2D eigenvalue weighted by Crippen LogP contribution is 2.32. The lowest BCUT2D eigenvalue weighted by Gasteiger charge is -2.17. The number of hydrogen-bond donors (Lipinski definition) is 2. The van der Waals surface area contributed by atoms with Crippen LogP contribution in [-0.4, -0.2) is 21.1 Å². The van der Waals surface area contributed by atoms with Gasteiger partial charge in [-0.3, -0.25) is 19.5 Å². The molecule has 0 amide bonds. The molecule has 150 valence electrons. The van der Waals surface area contributed by atoms with E-state index in [1.807, 2.05) is 12.1 Å². The Bertz CT molecular complexity index is 1250. The van der Waals surface area contributed by atoms with E-state index < -0.39 is 22.3 Å². The molecule has 0 aliphatic heterocycles. The molecular weight excluding hydrogens is 382 g/mol. The lowest BCUT2D eigenvalue weighted by atomic mass is 10.1. The number of fused-ring (bicyclic) bond motifs is 1. The molecule has 4 aromatic rings. The van der Waals surface area contributed by atoms with E-state index in [-0.39, 0.29) is 12.2 Å². The van der Waals surface area contributed by atoms with E-state index >= 15 is 0 Å². The quantitative estimate of drug-likeness (QED) is 0.375. The highest BCUT2D eigenvalue weighted by atomic mass is 16.6. The van der Waals surface area contributed by atoms with Crippen LogP contribution in [-0.2, 0) is 0 Å². The zero-order valence-corrected chi connectivity index (χ0v) is 15.9. The lowest BCUT2D eigenvalue weighted by molar-refractivity contribution is -0.385. The van der Waals surface area contributed by atoms with E-state index in [4.69, 9.17) is 0 Å². The summed E-state index contributed by atoms with van der Waals surface area (Å²) in [6.45, 7) is 0.0175. The summed E-state index contributed by atoms with van der Waals surface area (Å²) in [6, 6.07) is 24.8. The fourth-order valence-electron chi connectivity index (χ4n) is 3.50. The summed E-state index contributed by atoms with van der Waals surface area (Å²) in [5.74, 6) is 0. The topological polar surface area (TPSA) is 97.4 Å². The molecule has 1 unspecified atom stereocenters. The Morgan fingerprint density at radius 3 is 2.20 bits per heavy atom. The van der Waals surface area contributed by atoms with Gasteiger partial charge in [-0.15, -0.1) is 0 Å². The van der Waals surface area contributed by atoms with Crippen LogP contribution < -0.4 is 10.9 Å². The number of nitro groups is 1. The first kappa shape index (κ1) is 19.4. The normalized spacial score (nSPS) is 11.9. The van der Waals surface area contributed by atoms with Crippen molar-refractivity contribution in [3.63, 3.8) is 0 Å². The maximum atomic E-state index is 13.2. The molecule has 3 aromatic carbocycles. The van der Waals surface area contributed by atoms with Crippen LogP contribution in [0.4, 0.5) is 11.4 Å². The van der Waals surface area contributed by atoms with Gasteiger partial charge in [0.25, 0.3) is 0 Å². The molecule has 0 aliphatic rings. The van der Waals surface area contributed by atoms with Crippen molar-refractivity contribution < 1.29 is 10.0 Å². The molecule has 1 atom stereocenters. The summed E-state index contributed by atoms with van der Waals surface area (Å²) in [7, 11) is 0. The number of hydrogen-bond acceptors (Lipinski definition) is 5. The number of aliphatic hydroxyl groups excluding tert-OH is 1.